The maximum absolute atomic E-state index is 12.7. The highest BCUT2D eigenvalue weighted by Crippen LogP contribution is 2.39. The Morgan fingerprint density at radius 1 is 1.24 bits per heavy atom. The molecule has 0 aliphatic carbocycles. The Bertz CT molecular complexity index is 396. The summed E-state index contributed by atoms with van der Waals surface area (Å²) in [6.45, 7) is 0.708. The first kappa shape index (κ1) is 12.1. The molecule has 3 nitrogen and oxygen atoms in total. The van der Waals surface area contributed by atoms with Gasteiger partial charge < -0.3 is 15.2 Å². The van der Waals surface area contributed by atoms with Gasteiger partial charge >= 0.3 is 0 Å². The van der Waals surface area contributed by atoms with Gasteiger partial charge in [0.15, 0.2) is 11.5 Å². The van der Waals surface area contributed by atoms with Gasteiger partial charge in [-0.05, 0) is 43.5 Å². The minimum absolute atomic E-state index is 0.0167. The average molecular weight is 243 g/mol. The van der Waals surface area contributed by atoms with Crippen LogP contribution in [0.1, 0.15) is 30.4 Å². The molecule has 1 aromatic rings. The van der Waals surface area contributed by atoms with Crippen LogP contribution >= 0.6 is 0 Å². The monoisotopic (exact) mass is 243 g/mol. The van der Waals surface area contributed by atoms with E-state index < -0.39 is 6.43 Å². The van der Waals surface area contributed by atoms with Crippen LogP contribution in [0.3, 0.4) is 0 Å². The molecule has 0 atom stereocenters. The van der Waals surface area contributed by atoms with Crippen LogP contribution in [0.15, 0.2) is 12.1 Å². The fourth-order valence-corrected chi connectivity index (χ4v) is 1.88. The summed E-state index contributed by atoms with van der Waals surface area (Å²) in [5.41, 5.74) is 6.17. The smallest absolute Gasteiger partial charge is 0.263 e. The van der Waals surface area contributed by atoms with Crippen molar-refractivity contribution in [3.05, 3.63) is 23.3 Å². The molecule has 0 aromatic heterocycles. The molecule has 17 heavy (non-hydrogen) atoms. The Morgan fingerprint density at radius 3 is 2.76 bits per heavy atom. The number of unbranched alkanes of at least 4 members (excludes halogenated alkanes) is 1. The lowest BCUT2D eigenvalue weighted by Crippen LogP contribution is -2.00. The average Bonchev–Trinajstić information content (AvgIpc) is 2.77. The van der Waals surface area contributed by atoms with E-state index in [0.29, 0.717) is 24.5 Å². The van der Waals surface area contributed by atoms with E-state index in [1.54, 1.807) is 0 Å². The predicted molar refractivity (Wildman–Crippen MR) is 59.5 cm³/mol. The van der Waals surface area contributed by atoms with Crippen molar-refractivity contribution in [2.45, 2.75) is 25.7 Å². The van der Waals surface area contributed by atoms with E-state index in [4.69, 9.17) is 15.2 Å². The summed E-state index contributed by atoms with van der Waals surface area (Å²) in [5, 5.41) is 0. The largest absolute Gasteiger partial charge is 0.454 e. The molecular formula is C12H15F2NO2. The Balaban J connectivity index is 2.22. The maximum Gasteiger partial charge on any atom is 0.263 e. The minimum atomic E-state index is -2.49. The van der Waals surface area contributed by atoms with Gasteiger partial charge in [0.2, 0.25) is 6.79 Å². The van der Waals surface area contributed by atoms with E-state index in [1.165, 1.54) is 12.1 Å². The highest BCUT2D eigenvalue weighted by atomic mass is 19.3. The third-order valence-electron chi connectivity index (χ3n) is 2.72. The quantitative estimate of drug-likeness (QED) is 0.808. The molecular weight excluding hydrogens is 228 g/mol. The minimum Gasteiger partial charge on any atom is -0.454 e. The van der Waals surface area contributed by atoms with Crippen LogP contribution in [0.4, 0.5) is 8.78 Å². The molecule has 1 aromatic carbocycles. The second-order valence-electron chi connectivity index (χ2n) is 3.96. The SMILES string of the molecule is NCCCCc1cc(C(F)F)cc2c1OCO2. The van der Waals surface area contributed by atoms with Gasteiger partial charge in [0.05, 0.1) is 0 Å². The zero-order valence-corrected chi connectivity index (χ0v) is 9.42. The van der Waals surface area contributed by atoms with Crippen molar-refractivity contribution >= 4 is 0 Å². The molecule has 0 spiro atoms. The summed E-state index contributed by atoms with van der Waals surface area (Å²) in [5.74, 6) is 1.02. The summed E-state index contributed by atoms with van der Waals surface area (Å²) in [7, 11) is 0. The number of halogens is 2. The van der Waals surface area contributed by atoms with Crippen LogP contribution in [-0.4, -0.2) is 13.3 Å². The Hall–Kier alpha value is -1.36. The molecule has 1 heterocycles. The van der Waals surface area contributed by atoms with Gasteiger partial charge in [-0.25, -0.2) is 8.78 Å². The highest BCUT2D eigenvalue weighted by Gasteiger charge is 2.21. The predicted octanol–water partition coefficient (Wildman–Crippen LogP) is 2.63. The zero-order valence-electron chi connectivity index (χ0n) is 9.42. The fourth-order valence-electron chi connectivity index (χ4n) is 1.88. The van der Waals surface area contributed by atoms with Crippen molar-refractivity contribution in [3.63, 3.8) is 0 Å². The van der Waals surface area contributed by atoms with Gasteiger partial charge in [-0.1, -0.05) is 0 Å². The summed E-state index contributed by atoms with van der Waals surface area (Å²) in [6.07, 6.45) is -0.0745. The number of rotatable bonds is 5. The normalized spacial score (nSPS) is 13.4. The van der Waals surface area contributed by atoms with Crippen molar-refractivity contribution in [3.8, 4) is 11.5 Å². The third-order valence-corrected chi connectivity index (χ3v) is 2.72. The molecule has 2 N–H and O–H groups in total. The van der Waals surface area contributed by atoms with Crippen molar-refractivity contribution < 1.29 is 18.3 Å². The second kappa shape index (κ2) is 5.31. The highest BCUT2D eigenvalue weighted by molar-refractivity contribution is 5.51. The number of aryl methyl sites for hydroxylation is 1. The Morgan fingerprint density at radius 2 is 2.06 bits per heavy atom. The van der Waals surface area contributed by atoms with Gasteiger partial charge in [-0.15, -0.1) is 0 Å². The van der Waals surface area contributed by atoms with E-state index in [0.717, 1.165) is 18.4 Å². The lowest BCUT2D eigenvalue weighted by atomic mass is 10.0. The molecule has 2 rings (SSSR count). The number of fused-ring (bicyclic) bond motifs is 1. The van der Waals surface area contributed by atoms with Crippen LogP contribution < -0.4 is 15.2 Å². The lowest BCUT2D eigenvalue weighted by Gasteiger charge is -2.08. The Labute approximate surface area is 98.5 Å². The molecule has 0 bridgehead atoms. The van der Waals surface area contributed by atoms with E-state index in [-0.39, 0.29) is 12.4 Å². The molecule has 0 saturated carbocycles. The van der Waals surface area contributed by atoms with Crippen LogP contribution in [-0.2, 0) is 6.42 Å². The molecule has 94 valence electrons. The first-order chi connectivity index (χ1) is 8.22. The second-order valence-corrected chi connectivity index (χ2v) is 3.96. The molecule has 1 aliphatic heterocycles. The number of ether oxygens (including phenoxy) is 2. The van der Waals surface area contributed by atoms with E-state index in [2.05, 4.69) is 0 Å². The number of hydrogen-bond donors (Lipinski definition) is 1. The number of nitrogens with two attached hydrogens (primary N) is 1. The van der Waals surface area contributed by atoms with E-state index in [1.807, 2.05) is 0 Å². The molecule has 1 aliphatic rings. The molecule has 0 saturated heterocycles. The van der Waals surface area contributed by atoms with Crippen molar-refractivity contribution in [2.24, 2.45) is 5.73 Å². The molecule has 0 amide bonds. The van der Waals surface area contributed by atoms with E-state index in [9.17, 15) is 8.78 Å². The number of benzene rings is 1. The molecule has 0 unspecified atom stereocenters. The molecule has 5 heteroatoms. The van der Waals surface area contributed by atoms with E-state index >= 15 is 0 Å². The summed E-state index contributed by atoms with van der Waals surface area (Å²) in [4.78, 5) is 0. The van der Waals surface area contributed by atoms with Crippen LogP contribution in [0, 0.1) is 0 Å². The number of alkyl halides is 2. The van der Waals surface area contributed by atoms with Crippen molar-refractivity contribution in [1.29, 1.82) is 0 Å². The maximum atomic E-state index is 12.7. The fraction of sp³-hybridized carbons (Fsp3) is 0.500. The summed E-state index contributed by atoms with van der Waals surface area (Å²) < 4.78 is 35.8. The van der Waals surface area contributed by atoms with Crippen LogP contribution in [0.25, 0.3) is 0 Å². The topological polar surface area (TPSA) is 44.5 Å². The lowest BCUT2D eigenvalue weighted by molar-refractivity contribution is 0.150. The van der Waals surface area contributed by atoms with Crippen LogP contribution in [0.2, 0.25) is 0 Å². The summed E-state index contributed by atoms with van der Waals surface area (Å²) >= 11 is 0. The molecule has 0 fully saturated rings. The number of hydrogen-bond acceptors (Lipinski definition) is 3. The first-order valence-electron chi connectivity index (χ1n) is 5.63. The van der Waals surface area contributed by atoms with Gasteiger partial charge in [0, 0.05) is 5.56 Å². The van der Waals surface area contributed by atoms with Crippen molar-refractivity contribution in [2.75, 3.05) is 13.3 Å². The van der Waals surface area contributed by atoms with Crippen molar-refractivity contribution in [1.82, 2.24) is 0 Å². The van der Waals surface area contributed by atoms with Crippen LogP contribution in [0.5, 0.6) is 11.5 Å². The third kappa shape index (κ3) is 2.66. The Kier molecular flexibility index (Phi) is 3.78. The zero-order chi connectivity index (χ0) is 12.3. The van der Waals surface area contributed by atoms with Gasteiger partial charge in [-0.3, -0.25) is 0 Å². The van der Waals surface area contributed by atoms with Gasteiger partial charge in [-0.2, -0.15) is 0 Å². The molecule has 0 radical (unpaired) electrons. The van der Waals surface area contributed by atoms with Gasteiger partial charge in [0.1, 0.15) is 0 Å². The standard InChI is InChI=1S/C12H15F2NO2/c13-12(14)9-5-8(3-1-2-4-15)11-10(6-9)16-7-17-11/h5-6,12H,1-4,7,15H2. The first-order valence-corrected chi connectivity index (χ1v) is 5.63. The summed E-state index contributed by atoms with van der Waals surface area (Å²) in [6, 6.07) is 2.84. The van der Waals surface area contributed by atoms with Gasteiger partial charge in [0.25, 0.3) is 6.43 Å².